The molecule has 2 fully saturated rings. The Kier molecular flexibility index (Phi) is 3.96. The molecule has 1 saturated heterocycles. The second-order valence-corrected chi connectivity index (χ2v) is 6.66. The monoisotopic (exact) mass is 277 g/mol. The van der Waals surface area contributed by atoms with Crippen LogP contribution in [0.3, 0.4) is 0 Å². The van der Waals surface area contributed by atoms with E-state index in [-0.39, 0.29) is 5.41 Å². The Morgan fingerprint density at radius 3 is 2.55 bits per heavy atom. The molecule has 5 nitrogen and oxygen atoms in total. The molecule has 1 aromatic heterocycles. The number of aromatic nitrogens is 3. The van der Waals surface area contributed by atoms with Crippen molar-refractivity contribution in [2.24, 2.45) is 0 Å². The van der Waals surface area contributed by atoms with E-state index in [1.54, 1.807) is 0 Å². The first-order valence-corrected chi connectivity index (χ1v) is 8.06. The summed E-state index contributed by atoms with van der Waals surface area (Å²) in [4.78, 5) is 7.14. The minimum absolute atomic E-state index is 0.215. The number of piperidine rings is 1. The SMILES string of the molecule is CNC1CCN(c2n[nH]c(C3(C)CCCCC3)n2)CC1. The number of nitrogens with one attached hydrogen (secondary N) is 2. The highest BCUT2D eigenvalue weighted by Gasteiger charge is 2.33. The Morgan fingerprint density at radius 1 is 1.20 bits per heavy atom. The van der Waals surface area contributed by atoms with E-state index in [0.29, 0.717) is 6.04 Å². The van der Waals surface area contributed by atoms with Crippen LogP contribution in [-0.2, 0) is 5.41 Å². The quantitative estimate of drug-likeness (QED) is 0.889. The van der Waals surface area contributed by atoms with Gasteiger partial charge in [0.2, 0.25) is 5.95 Å². The molecule has 2 aliphatic rings. The van der Waals surface area contributed by atoms with Crippen molar-refractivity contribution in [2.75, 3.05) is 25.0 Å². The van der Waals surface area contributed by atoms with E-state index < -0.39 is 0 Å². The molecule has 0 aromatic carbocycles. The standard InChI is InChI=1S/C15H27N5/c1-15(8-4-3-5-9-15)13-17-14(19-18-13)20-10-6-12(16-2)7-11-20/h12,16H,3-11H2,1-2H3,(H,17,18,19). The van der Waals surface area contributed by atoms with E-state index in [4.69, 9.17) is 4.98 Å². The number of anilines is 1. The molecule has 0 spiro atoms. The second-order valence-electron chi connectivity index (χ2n) is 6.66. The normalized spacial score (nSPS) is 24.0. The summed E-state index contributed by atoms with van der Waals surface area (Å²) < 4.78 is 0. The summed E-state index contributed by atoms with van der Waals surface area (Å²) >= 11 is 0. The molecule has 2 heterocycles. The molecule has 1 saturated carbocycles. The predicted molar refractivity (Wildman–Crippen MR) is 81.1 cm³/mol. The van der Waals surface area contributed by atoms with Gasteiger partial charge in [0.25, 0.3) is 0 Å². The van der Waals surface area contributed by atoms with Crippen molar-refractivity contribution in [3.05, 3.63) is 5.82 Å². The lowest BCUT2D eigenvalue weighted by Crippen LogP contribution is -2.41. The summed E-state index contributed by atoms with van der Waals surface area (Å²) in [7, 11) is 2.05. The van der Waals surface area contributed by atoms with Crippen molar-refractivity contribution in [3.8, 4) is 0 Å². The molecule has 20 heavy (non-hydrogen) atoms. The Morgan fingerprint density at radius 2 is 1.90 bits per heavy atom. The van der Waals surface area contributed by atoms with Gasteiger partial charge in [-0.05, 0) is 32.7 Å². The molecule has 1 aliphatic heterocycles. The Balaban J connectivity index is 1.67. The van der Waals surface area contributed by atoms with Crippen LogP contribution in [0.2, 0.25) is 0 Å². The van der Waals surface area contributed by atoms with Crippen molar-refractivity contribution >= 4 is 5.95 Å². The van der Waals surface area contributed by atoms with Gasteiger partial charge in [-0.2, -0.15) is 4.98 Å². The van der Waals surface area contributed by atoms with Crippen molar-refractivity contribution in [3.63, 3.8) is 0 Å². The maximum Gasteiger partial charge on any atom is 0.244 e. The van der Waals surface area contributed by atoms with Crippen LogP contribution in [0.15, 0.2) is 0 Å². The average molecular weight is 277 g/mol. The first-order valence-electron chi connectivity index (χ1n) is 8.06. The molecular formula is C15H27N5. The molecule has 0 radical (unpaired) electrons. The fourth-order valence-corrected chi connectivity index (χ4v) is 3.60. The fraction of sp³-hybridized carbons (Fsp3) is 0.867. The molecule has 0 unspecified atom stereocenters. The van der Waals surface area contributed by atoms with E-state index >= 15 is 0 Å². The van der Waals surface area contributed by atoms with E-state index in [0.717, 1.165) is 24.9 Å². The Labute approximate surface area is 121 Å². The zero-order valence-corrected chi connectivity index (χ0v) is 12.8. The number of aromatic amines is 1. The molecule has 5 heteroatoms. The smallest absolute Gasteiger partial charge is 0.244 e. The van der Waals surface area contributed by atoms with Gasteiger partial charge in [0.15, 0.2) is 0 Å². The molecule has 0 atom stereocenters. The highest BCUT2D eigenvalue weighted by Crippen LogP contribution is 2.37. The van der Waals surface area contributed by atoms with E-state index in [1.165, 1.54) is 44.9 Å². The second kappa shape index (κ2) is 5.72. The minimum Gasteiger partial charge on any atom is -0.339 e. The van der Waals surface area contributed by atoms with Gasteiger partial charge in [-0.25, -0.2) is 0 Å². The van der Waals surface area contributed by atoms with Gasteiger partial charge in [-0.1, -0.05) is 26.2 Å². The highest BCUT2D eigenvalue weighted by molar-refractivity contribution is 5.31. The van der Waals surface area contributed by atoms with E-state index in [9.17, 15) is 0 Å². The van der Waals surface area contributed by atoms with Gasteiger partial charge in [-0.3, -0.25) is 5.10 Å². The topological polar surface area (TPSA) is 56.8 Å². The summed E-state index contributed by atoms with van der Waals surface area (Å²) in [6, 6.07) is 0.653. The average Bonchev–Trinajstić information content (AvgIpc) is 2.99. The molecule has 3 rings (SSSR count). The fourth-order valence-electron chi connectivity index (χ4n) is 3.60. The third-order valence-electron chi connectivity index (χ3n) is 5.19. The summed E-state index contributed by atoms with van der Waals surface area (Å²) in [6.07, 6.45) is 8.84. The van der Waals surface area contributed by atoms with Crippen molar-refractivity contribution in [1.29, 1.82) is 0 Å². The van der Waals surface area contributed by atoms with Crippen LogP contribution in [0, 0.1) is 0 Å². The van der Waals surface area contributed by atoms with Gasteiger partial charge >= 0.3 is 0 Å². The number of rotatable bonds is 3. The molecule has 2 N–H and O–H groups in total. The van der Waals surface area contributed by atoms with Crippen molar-refractivity contribution in [1.82, 2.24) is 20.5 Å². The zero-order chi connectivity index (χ0) is 14.0. The van der Waals surface area contributed by atoms with Gasteiger partial charge < -0.3 is 10.2 Å². The van der Waals surface area contributed by atoms with Crippen LogP contribution in [0.1, 0.15) is 57.7 Å². The molecule has 112 valence electrons. The zero-order valence-electron chi connectivity index (χ0n) is 12.8. The lowest BCUT2D eigenvalue weighted by atomic mass is 9.75. The molecule has 0 bridgehead atoms. The van der Waals surface area contributed by atoms with Crippen LogP contribution in [0.25, 0.3) is 0 Å². The number of hydrogen-bond acceptors (Lipinski definition) is 4. The van der Waals surface area contributed by atoms with Crippen molar-refractivity contribution < 1.29 is 0 Å². The third kappa shape index (κ3) is 2.68. The largest absolute Gasteiger partial charge is 0.339 e. The van der Waals surface area contributed by atoms with Crippen LogP contribution >= 0.6 is 0 Å². The maximum absolute atomic E-state index is 4.82. The lowest BCUT2D eigenvalue weighted by molar-refractivity contribution is 0.305. The minimum atomic E-state index is 0.215. The van der Waals surface area contributed by atoms with Gasteiger partial charge in [0.1, 0.15) is 5.82 Å². The van der Waals surface area contributed by atoms with Crippen LogP contribution in [0.4, 0.5) is 5.95 Å². The highest BCUT2D eigenvalue weighted by atomic mass is 15.4. The van der Waals surface area contributed by atoms with Crippen LogP contribution < -0.4 is 10.2 Å². The van der Waals surface area contributed by atoms with Gasteiger partial charge in [-0.15, -0.1) is 5.10 Å². The first-order chi connectivity index (χ1) is 9.71. The van der Waals surface area contributed by atoms with Gasteiger partial charge in [0.05, 0.1) is 0 Å². The summed E-state index contributed by atoms with van der Waals surface area (Å²) in [5.41, 5.74) is 0.215. The lowest BCUT2D eigenvalue weighted by Gasteiger charge is -2.32. The van der Waals surface area contributed by atoms with E-state index in [2.05, 4.69) is 34.4 Å². The number of H-pyrrole nitrogens is 1. The van der Waals surface area contributed by atoms with Crippen LogP contribution in [0.5, 0.6) is 0 Å². The summed E-state index contributed by atoms with van der Waals surface area (Å²) in [6.45, 7) is 4.45. The van der Waals surface area contributed by atoms with Crippen LogP contribution in [-0.4, -0.2) is 41.4 Å². The number of hydrogen-bond donors (Lipinski definition) is 2. The molecule has 1 aromatic rings. The maximum atomic E-state index is 4.82. The first kappa shape index (κ1) is 13.9. The summed E-state index contributed by atoms with van der Waals surface area (Å²) in [5.74, 6) is 2.00. The Hall–Kier alpha value is -1.10. The van der Waals surface area contributed by atoms with Crippen molar-refractivity contribution in [2.45, 2.75) is 63.3 Å². The number of nitrogens with zero attached hydrogens (tertiary/aromatic N) is 3. The summed E-state index contributed by atoms with van der Waals surface area (Å²) in [5, 5.41) is 11.1. The predicted octanol–water partition coefficient (Wildman–Crippen LogP) is 2.21. The molecule has 0 amide bonds. The Bertz CT molecular complexity index is 427. The molecular weight excluding hydrogens is 250 g/mol. The van der Waals surface area contributed by atoms with Gasteiger partial charge in [0, 0.05) is 24.5 Å². The van der Waals surface area contributed by atoms with E-state index in [1.807, 2.05) is 0 Å². The molecule has 1 aliphatic carbocycles. The third-order valence-corrected chi connectivity index (χ3v) is 5.19.